The van der Waals surface area contributed by atoms with Crippen LogP contribution in [0.15, 0.2) is 23.9 Å². The van der Waals surface area contributed by atoms with Crippen LogP contribution in [0.25, 0.3) is 0 Å². The zero-order valence-electron chi connectivity index (χ0n) is 6.64. The summed E-state index contributed by atoms with van der Waals surface area (Å²) in [6.45, 7) is 0. The fourth-order valence-electron chi connectivity index (χ4n) is 1.19. The first-order valence-electron chi connectivity index (χ1n) is 4.01. The molecular formula is C9H14N2. The van der Waals surface area contributed by atoms with Gasteiger partial charge < -0.3 is 11.1 Å². The van der Waals surface area contributed by atoms with Gasteiger partial charge in [0.2, 0.25) is 0 Å². The number of hydrogen-bond donors (Lipinski definition) is 2. The normalized spacial score (nSPS) is 23.3. The molecule has 2 heteroatoms. The Hall–Kier alpha value is -1.05. The van der Waals surface area contributed by atoms with Crippen molar-refractivity contribution in [1.82, 2.24) is 0 Å². The minimum atomic E-state index is 0.576. The first-order chi connectivity index (χ1) is 5.34. The van der Waals surface area contributed by atoms with E-state index in [4.69, 9.17) is 11.1 Å². The lowest BCUT2D eigenvalue weighted by Gasteiger charge is -2.07. The fourth-order valence-corrected chi connectivity index (χ4v) is 1.19. The molecule has 0 saturated carbocycles. The molecule has 0 radical (unpaired) electrons. The maximum atomic E-state index is 7.55. The highest BCUT2D eigenvalue weighted by Crippen LogP contribution is 2.13. The number of hydrogen-bond acceptors (Lipinski definition) is 2. The zero-order valence-corrected chi connectivity index (χ0v) is 6.64. The van der Waals surface area contributed by atoms with E-state index in [2.05, 4.69) is 0 Å². The Morgan fingerprint density at radius 2 is 2.27 bits per heavy atom. The zero-order chi connectivity index (χ0) is 8.10. The second-order valence-corrected chi connectivity index (χ2v) is 2.75. The summed E-state index contributed by atoms with van der Waals surface area (Å²) in [5, 5.41) is 7.55. The van der Waals surface area contributed by atoms with Crippen LogP contribution < -0.4 is 5.73 Å². The molecule has 1 aliphatic carbocycles. The van der Waals surface area contributed by atoms with E-state index in [-0.39, 0.29) is 0 Å². The molecule has 2 nitrogen and oxygen atoms in total. The van der Waals surface area contributed by atoms with Crippen molar-refractivity contribution in [3.8, 4) is 0 Å². The van der Waals surface area contributed by atoms with Crippen molar-refractivity contribution in [1.29, 1.82) is 5.41 Å². The summed E-state index contributed by atoms with van der Waals surface area (Å²) >= 11 is 0. The summed E-state index contributed by atoms with van der Waals surface area (Å²) < 4.78 is 0. The van der Waals surface area contributed by atoms with Crippen molar-refractivity contribution in [2.45, 2.75) is 25.7 Å². The lowest BCUT2D eigenvalue weighted by atomic mass is 10.0. The van der Waals surface area contributed by atoms with Gasteiger partial charge in [0, 0.05) is 0 Å². The third-order valence-electron chi connectivity index (χ3n) is 1.90. The molecule has 0 unspecified atom stereocenters. The first-order valence-corrected chi connectivity index (χ1v) is 4.01. The predicted molar refractivity (Wildman–Crippen MR) is 47.6 cm³/mol. The molecule has 0 bridgehead atoms. The van der Waals surface area contributed by atoms with Gasteiger partial charge in [-0.15, -0.1) is 0 Å². The van der Waals surface area contributed by atoms with Crippen LogP contribution in [0.5, 0.6) is 0 Å². The molecule has 0 heterocycles. The molecule has 0 fully saturated rings. The maximum Gasteiger partial charge on any atom is 0.0582 e. The van der Waals surface area contributed by atoms with Crippen molar-refractivity contribution < 1.29 is 0 Å². The summed E-state index contributed by atoms with van der Waals surface area (Å²) in [5.74, 6) is 0. The Labute approximate surface area is 67.3 Å². The fraction of sp³-hybridized carbons (Fsp3) is 0.444. The third-order valence-corrected chi connectivity index (χ3v) is 1.90. The summed E-state index contributed by atoms with van der Waals surface area (Å²) in [4.78, 5) is 0. The van der Waals surface area contributed by atoms with Gasteiger partial charge in [-0.2, -0.15) is 0 Å². The van der Waals surface area contributed by atoms with Gasteiger partial charge >= 0.3 is 0 Å². The molecule has 0 aromatic carbocycles. The van der Waals surface area contributed by atoms with Gasteiger partial charge in [0.15, 0.2) is 0 Å². The Morgan fingerprint density at radius 3 is 3.00 bits per heavy atom. The van der Waals surface area contributed by atoms with Crippen LogP contribution in [0.3, 0.4) is 0 Å². The minimum Gasteiger partial charge on any atom is -0.404 e. The van der Waals surface area contributed by atoms with Gasteiger partial charge in [0.25, 0.3) is 0 Å². The van der Waals surface area contributed by atoms with Gasteiger partial charge in [0.1, 0.15) is 0 Å². The number of nitrogens with one attached hydrogen (secondary N) is 1. The Bertz CT molecular complexity index is 202. The minimum absolute atomic E-state index is 0.576. The average Bonchev–Trinajstić information content (AvgIpc) is 1.98. The number of allylic oxidation sites excluding steroid dienone is 3. The monoisotopic (exact) mass is 150 g/mol. The van der Waals surface area contributed by atoms with Crippen LogP contribution >= 0.6 is 0 Å². The van der Waals surface area contributed by atoms with Crippen molar-refractivity contribution in [2.24, 2.45) is 5.73 Å². The smallest absolute Gasteiger partial charge is 0.0582 e. The summed E-state index contributed by atoms with van der Waals surface area (Å²) in [6.07, 6.45) is 9.86. The lowest BCUT2D eigenvalue weighted by molar-refractivity contribution is 0.748. The molecule has 3 N–H and O–H groups in total. The molecule has 0 amide bonds. The van der Waals surface area contributed by atoms with Gasteiger partial charge in [-0.05, 0) is 43.5 Å². The SMILES string of the molecule is N=C1C=CCCCC/C1=C/N. The molecule has 0 aliphatic heterocycles. The van der Waals surface area contributed by atoms with Gasteiger partial charge in [-0.3, -0.25) is 0 Å². The van der Waals surface area contributed by atoms with Gasteiger partial charge in [-0.1, -0.05) is 6.08 Å². The van der Waals surface area contributed by atoms with E-state index in [0.29, 0.717) is 5.71 Å². The van der Waals surface area contributed by atoms with Gasteiger partial charge in [0.05, 0.1) is 5.71 Å². The lowest BCUT2D eigenvalue weighted by Crippen LogP contribution is -2.02. The van der Waals surface area contributed by atoms with Crippen molar-refractivity contribution in [3.05, 3.63) is 23.9 Å². The number of nitrogens with two attached hydrogens (primary N) is 1. The molecule has 0 saturated heterocycles. The first kappa shape index (κ1) is 8.05. The summed E-state index contributed by atoms with van der Waals surface area (Å²) in [5.41, 5.74) is 6.93. The van der Waals surface area contributed by atoms with E-state index < -0.39 is 0 Å². The Kier molecular flexibility index (Phi) is 2.90. The van der Waals surface area contributed by atoms with E-state index in [9.17, 15) is 0 Å². The Morgan fingerprint density at radius 1 is 1.45 bits per heavy atom. The van der Waals surface area contributed by atoms with Crippen LogP contribution in [0.4, 0.5) is 0 Å². The molecule has 1 aliphatic rings. The van der Waals surface area contributed by atoms with Crippen LogP contribution in [0, 0.1) is 5.41 Å². The van der Waals surface area contributed by atoms with E-state index in [0.717, 1.165) is 24.8 Å². The average molecular weight is 150 g/mol. The molecule has 11 heavy (non-hydrogen) atoms. The van der Waals surface area contributed by atoms with Crippen LogP contribution in [0.2, 0.25) is 0 Å². The molecule has 0 aromatic heterocycles. The quantitative estimate of drug-likeness (QED) is 0.545. The van der Waals surface area contributed by atoms with Crippen molar-refractivity contribution in [3.63, 3.8) is 0 Å². The number of rotatable bonds is 0. The molecule has 0 atom stereocenters. The van der Waals surface area contributed by atoms with Crippen molar-refractivity contribution >= 4 is 5.71 Å². The van der Waals surface area contributed by atoms with Gasteiger partial charge in [-0.25, -0.2) is 0 Å². The van der Waals surface area contributed by atoms with Crippen molar-refractivity contribution in [2.75, 3.05) is 0 Å². The highest BCUT2D eigenvalue weighted by atomic mass is 14.5. The van der Waals surface area contributed by atoms with E-state index >= 15 is 0 Å². The second-order valence-electron chi connectivity index (χ2n) is 2.75. The molecule has 60 valence electrons. The molecular weight excluding hydrogens is 136 g/mol. The van der Waals surface area contributed by atoms with Crippen LogP contribution in [-0.4, -0.2) is 5.71 Å². The van der Waals surface area contributed by atoms with Crippen LogP contribution in [-0.2, 0) is 0 Å². The van der Waals surface area contributed by atoms with E-state index in [1.807, 2.05) is 12.2 Å². The summed E-state index contributed by atoms with van der Waals surface area (Å²) in [6, 6.07) is 0. The third kappa shape index (κ3) is 2.22. The Balaban J connectivity index is 2.70. The molecule has 1 rings (SSSR count). The largest absolute Gasteiger partial charge is 0.404 e. The molecule has 0 spiro atoms. The molecule has 0 aromatic rings. The topological polar surface area (TPSA) is 49.9 Å². The highest BCUT2D eigenvalue weighted by molar-refractivity contribution is 6.06. The standard InChI is InChI=1S/C9H14N2/c10-7-8-5-3-1-2-4-6-9(8)11/h4,6-7,11H,1-3,5,10H2/b6-4?,8-7-,11-9?. The van der Waals surface area contributed by atoms with Crippen LogP contribution in [0.1, 0.15) is 25.7 Å². The second kappa shape index (κ2) is 3.96. The highest BCUT2D eigenvalue weighted by Gasteiger charge is 2.03. The van der Waals surface area contributed by atoms with E-state index in [1.165, 1.54) is 6.42 Å². The van der Waals surface area contributed by atoms with E-state index in [1.54, 1.807) is 6.20 Å². The predicted octanol–water partition coefficient (Wildman–Crippen LogP) is 1.98. The summed E-state index contributed by atoms with van der Waals surface area (Å²) in [7, 11) is 0. The maximum absolute atomic E-state index is 7.55.